The SMILES string of the molecule is CCc1ccc(-c2nnn(CC(=O)Nc3cccc(C(C)=O)c3)n2)cc1. The van der Waals surface area contributed by atoms with Crippen molar-refractivity contribution in [3.05, 3.63) is 59.7 Å². The predicted octanol–water partition coefficient (Wildman–Crippen LogP) is 2.74. The molecule has 26 heavy (non-hydrogen) atoms. The summed E-state index contributed by atoms with van der Waals surface area (Å²) in [4.78, 5) is 24.8. The van der Waals surface area contributed by atoms with E-state index < -0.39 is 0 Å². The molecule has 1 amide bonds. The number of nitrogens with one attached hydrogen (secondary N) is 1. The molecule has 1 heterocycles. The smallest absolute Gasteiger partial charge is 0.248 e. The van der Waals surface area contributed by atoms with Gasteiger partial charge in [0.25, 0.3) is 0 Å². The summed E-state index contributed by atoms with van der Waals surface area (Å²) in [6, 6.07) is 14.7. The van der Waals surface area contributed by atoms with Crippen molar-refractivity contribution in [3.8, 4) is 11.4 Å². The van der Waals surface area contributed by atoms with Crippen LogP contribution in [0.25, 0.3) is 11.4 Å². The van der Waals surface area contributed by atoms with Crippen molar-refractivity contribution in [2.24, 2.45) is 0 Å². The highest BCUT2D eigenvalue weighted by molar-refractivity contribution is 5.97. The Morgan fingerprint density at radius 1 is 1.12 bits per heavy atom. The monoisotopic (exact) mass is 349 g/mol. The third-order valence-corrected chi connectivity index (χ3v) is 3.91. The van der Waals surface area contributed by atoms with Crippen LogP contribution in [0, 0.1) is 0 Å². The first kappa shape index (κ1) is 17.5. The molecule has 0 atom stereocenters. The number of amides is 1. The standard InChI is InChI=1S/C19H19N5O2/c1-3-14-7-9-15(10-8-14)19-21-23-24(22-19)12-18(26)20-17-6-4-5-16(11-17)13(2)25/h4-11H,3,12H2,1-2H3,(H,20,26). The molecule has 1 N–H and O–H groups in total. The molecule has 0 aliphatic carbocycles. The van der Waals surface area contributed by atoms with Gasteiger partial charge in [0.15, 0.2) is 5.78 Å². The third-order valence-electron chi connectivity index (χ3n) is 3.91. The third kappa shape index (κ3) is 4.18. The Morgan fingerprint density at radius 2 is 1.88 bits per heavy atom. The number of carbonyl (C=O) groups is 2. The zero-order chi connectivity index (χ0) is 18.5. The molecule has 3 rings (SSSR count). The van der Waals surface area contributed by atoms with Crippen molar-refractivity contribution >= 4 is 17.4 Å². The van der Waals surface area contributed by atoms with Crippen LogP contribution in [0.15, 0.2) is 48.5 Å². The molecular formula is C19H19N5O2. The zero-order valence-corrected chi connectivity index (χ0v) is 14.6. The van der Waals surface area contributed by atoms with E-state index in [0.717, 1.165) is 12.0 Å². The number of benzene rings is 2. The molecule has 0 saturated heterocycles. The van der Waals surface area contributed by atoms with Crippen molar-refractivity contribution in [3.63, 3.8) is 0 Å². The molecule has 0 spiro atoms. The molecule has 7 heteroatoms. The lowest BCUT2D eigenvalue weighted by atomic mass is 10.1. The molecule has 0 saturated carbocycles. The molecule has 0 unspecified atom stereocenters. The van der Waals surface area contributed by atoms with E-state index >= 15 is 0 Å². The van der Waals surface area contributed by atoms with E-state index in [-0.39, 0.29) is 18.2 Å². The summed E-state index contributed by atoms with van der Waals surface area (Å²) in [6.07, 6.45) is 0.964. The van der Waals surface area contributed by atoms with Gasteiger partial charge >= 0.3 is 0 Å². The highest BCUT2D eigenvalue weighted by Gasteiger charge is 2.10. The van der Waals surface area contributed by atoms with Crippen molar-refractivity contribution < 1.29 is 9.59 Å². The maximum absolute atomic E-state index is 12.2. The first-order chi connectivity index (χ1) is 12.5. The maximum atomic E-state index is 12.2. The fourth-order valence-corrected chi connectivity index (χ4v) is 2.46. The molecule has 1 aromatic heterocycles. The molecule has 0 radical (unpaired) electrons. The summed E-state index contributed by atoms with van der Waals surface area (Å²) in [5.74, 6) is 0.118. The van der Waals surface area contributed by atoms with Gasteiger partial charge in [-0.3, -0.25) is 9.59 Å². The quantitative estimate of drug-likeness (QED) is 0.691. The van der Waals surface area contributed by atoms with Crippen molar-refractivity contribution in [1.29, 1.82) is 0 Å². The van der Waals surface area contributed by atoms with E-state index in [0.29, 0.717) is 17.1 Å². The zero-order valence-electron chi connectivity index (χ0n) is 14.6. The second-order valence-corrected chi connectivity index (χ2v) is 5.88. The van der Waals surface area contributed by atoms with Crippen molar-refractivity contribution in [1.82, 2.24) is 20.2 Å². The van der Waals surface area contributed by atoms with Crippen LogP contribution in [0.5, 0.6) is 0 Å². The average Bonchev–Trinajstić information content (AvgIpc) is 3.10. The summed E-state index contributed by atoms with van der Waals surface area (Å²) in [6.45, 7) is 3.51. The molecule has 0 bridgehead atoms. The second-order valence-electron chi connectivity index (χ2n) is 5.88. The number of aryl methyl sites for hydroxylation is 1. The minimum atomic E-state index is -0.295. The number of tetrazole rings is 1. The van der Waals surface area contributed by atoms with Gasteiger partial charge in [-0.25, -0.2) is 0 Å². The number of Topliss-reactive ketones (excluding diaryl/α,β-unsaturated/α-hetero) is 1. The Labute approximate surface area is 151 Å². The lowest BCUT2D eigenvalue weighted by Gasteiger charge is -2.05. The van der Waals surface area contributed by atoms with Gasteiger partial charge in [-0.15, -0.1) is 10.2 Å². The van der Waals surface area contributed by atoms with E-state index in [1.165, 1.54) is 17.3 Å². The highest BCUT2D eigenvalue weighted by Crippen LogP contribution is 2.15. The number of ketones is 1. The van der Waals surface area contributed by atoms with Crippen LogP contribution in [0.3, 0.4) is 0 Å². The van der Waals surface area contributed by atoms with Gasteiger partial charge in [0.1, 0.15) is 6.54 Å². The number of carbonyl (C=O) groups excluding carboxylic acids is 2. The van der Waals surface area contributed by atoms with Crippen LogP contribution >= 0.6 is 0 Å². The first-order valence-corrected chi connectivity index (χ1v) is 8.33. The van der Waals surface area contributed by atoms with Crippen molar-refractivity contribution in [2.45, 2.75) is 26.8 Å². The topological polar surface area (TPSA) is 89.8 Å². The Hall–Kier alpha value is -3.35. The van der Waals surface area contributed by atoms with E-state index in [4.69, 9.17) is 0 Å². The Bertz CT molecular complexity index is 931. The van der Waals surface area contributed by atoms with E-state index in [2.05, 4.69) is 27.7 Å². The molecule has 2 aromatic carbocycles. The van der Waals surface area contributed by atoms with E-state index in [1.807, 2.05) is 24.3 Å². The summed E-state index contributed by atoms with van der Waals surface area (Å²) >= 11 is 0. The van der Waals surface area contributed by atoms with E-state index in [1.54, 1.807) is 24.3 Å². The fraction of sp³-hybridized carbons (Fsp3) is 0.211. The molecule has 0 aliphatic rings. The van der Waals surface area contributed by atoms with E-state index in [9.17, 15) is 9.59 Å². The van der Waals surface area contributed by atoms with Crippen LogP contribution < -0.4 is 5.32 Å². The summed E-state index contributed by atoms with van der Waals surface area (Å²) in [5, 5.41) is 14.9. The fourth-order valence-electron chi connectivity index (χ4n) is 2.46. The number of hydrogen-bond donors (Lipinski definition) is 1. The largest absolute Gasteiger partial charge is 0.324 e. The maximum Gasteiger partial charge on any atom is 0.248 e. The Balaban J connectivity index is 1.65. The Morgan fingerprint density at radius 3 is 2.58 bits per heavy atom. The van der Waals surface area contributed by atoms with Gasteiger partial charge in [-0.05, 0) is 36.3 Å². The van der Waals surface area contributed by atoms with Gasteiger partial charge in [-0.2, -0.15) is 4.80 Å². The van der Waals surface area contributed by atoms with Crippen LogP contribution in [-0.2, 0) is 17.8 Å². The van der Waals surface area contributed by atoms with Gasteiger partial charge in [0, 0.05) is 16.8 Å². The molecule has 7 nitrogen and oxygen atoms in total. The number of rotatable bonds is 6. The minimum absolute atomic E-state index is 0.0576. The van der Waals surface area contributed by atoms with Crippen LogP contribution in [0.2, 0.25) is 0 Å². The van der Waals surface area contributed by atoms with Gasteiger partial charge in [0.2, 0.25) is 11.7 Å². The number of aromatic nitrogens is 4. The molecular weight excluding hydrogens is 330 g/mol. The highest BCUT2D eigenvalue weighted by atomic mass is 16.2. The lowest BCUT2D eigenvalue weighted by molar-refractivity contribution is -0.117. The van der Waals surface area contributed by atoms with Crippen LogP contribution in [0.1, 0.15) is 29.8 Å². The Kier molecular flexibility index (Phi) is 5.17. The summed E-state index contributed by atoms with van der Waals surface area (Å²) < 4.78 is 0. The predicted molar refractivity (Wildman–Crippen MR) is 97.7 cm³/mol. The molecule has 0 fully saturated rings. The molecule has 0 aliphatic heterocycles. The van der Waals surface area contributed by atoms with Crippen molar-refractivity contribution in [2.75, 3.05) is 5.32 Å². The first-order valence-electron chi connectivity index (χ1n) is 8.33. The van der Waals surface area contributed by atoms with Gasteiger partial charge in [-0.1, -0.05) is 43.3 Å². The molecule has 132 valence electrons. The average molecular weight is 349 g/mol. The number of nitrogens with zero attached hydrogens (tertiary/aromatic N) is 4. The van der Waals surface area contributed by atoms with Gasteiger partial charge < -0.3 is 5.32 Å². The number of hydrogen-bond acceptors (Lipinski definition) is 5. The number of anilines is 1. The lowest BCUT2D eigenvalue weighted by Crippen LogP contribution is -2.20. The summed E-state index contributed by atoms with van der Waals surface area (Å²) in [5.41, 5.74) is 3.18. The minimum Gasteiger partial charge on any atom is -0.324 e. The summed E-state index contributed by atoms with van der Waals surface area (Å²) in [7, 11) is 0. The second kappa shape index (κ2) is 7.69. The normalized spacial score (nSPS) is 10.5. The van der Waals surface area contributed by atoms with Crippen LogP contribution in [0.4, 0.5) is 5.69 Å². The van der Waals surface area contributed by atoms with Crippen LogP contribution in [-0.4, -0.2) is 31.9 Å². The van der Waals surface area contributed by atoms with Gasteiger partial charge in [0.05, 0.1) is 0 Å². The molecule has 3 aromatic rings.